The number of halogens is 1. The highest BCUT2D eigenvalue weighted by molar-refractivity contribution is 5.83. The number of fused-ring (bicyclic) bond motifs is 1. The van der Waals surface area contributed by atoms with Crippen molar-refractivity contribution in [1.29, 1.82) is 0 Å². The number of hydrogen-bond acceptors (Lipinski definition) is 5. The van der Waals surface area contributed by atoms with Crippen LogP contribution in [0.4, 0.5) is 10.1 Å². The van der Waals surface area contributed by atoms with Crippen LogP contribution in [0.2, 0.25) is 0 Å². The summed E-state index contributed by atoms with van der Waals surface area (Å²) in [7, 11) is 0. The maximum atomic E-state index is 13.7. The van der Waals surface area contributed by atoms with E-state index in [2.05, 4.69) is 25.4 Å². The van der Waals surface area contributed by atoms with Crippen LogP contribution < -0.4 is 5.56 Å². The predicted octanol–water partition coefficient (Wildman–Crippen LogP) is 2.11. The van der Waals surface area contributed by atoms with E-state index in [1.807, 2.05) is 0 Å². The SMILES string of the molecule is Cc1[nH]n(-c2ccc3nnc(C)n3n2)c(=O)c1C=Nc1ccccc1F. The Kier molecular flexibility index (Phi) is 3.68. The van der Waals surface area contributed by atoms with Crippen LogP contribution in [0.5, 0.6) is 0 Å². The molecule has 3 aromatic heterocycles. The van der Waals surface area contributed by atoms with E-state index in [9.17, 15) is 9.18 Å². The first kappa shape index (κ1) is 15.9. The van der Waals surface area contributed by atoms with Gasteiger partial charge in [-0.05, 0) is 38.1 Å². The number of nitrogens with one attached hydrogen (secondary N) is 1. The van der Waals surface area contributed by atoms with Crippen LogP contribution >= 0.6 is 0 Å². The monoisotopic (exact) mass is 351 g/mol. The lowest BCUT2D eigenvalue weighted by molar-refractivity contribution is 0.630. The molecule has 4 rings (SSSR count). The third kappa shape index (κ3) is 2.59. The molecule has 0 aliphatic rings. The maximum absolute atomic E-state index is 13.7. The number of rotatable bonds is 3. The largest absolute Gasteiger partial charge is 0.293 e. The summed E-state index contributed by atoms with van der Waals surface area (Å²) in [6.45, 7) is 3.51. The summed E-state index contributed by atoms with van der Waals surface area (Å²) in [5, 5.41) is 15.2. The van der Waals surface area contributed by atoms with Crippen LogP contribution in [-0.4, -0.2) is 35.8 Å². The van der Waals surface area contributed by atoms with Gasteiger partial charge in [0.25, 0.3) is 5.56 Å². The number of para-hydroxylation sites is 1. The third-order valence-corrected chi connectivity index (χ3v) is 3.94. The molecule has 0 aliphatic heterocycles. The molecule has 0 bridgehead atoms. The number of nitrogens with zero attached hydrogens (tertiary/aromatic N) is 6. The highest BCUT2D eigenvalue weighted by Crippen LogP contribution is 2.16. The Morgan fingerprint density at radius 3 is 2.77 bits per heavy atom. The number of H-pyrrole nitrogens is 1. The number of aryl methyl sites for hydroxylation is 2. The minimum absolute atomic E-state index is 0.165. The standard InChI is InChI=1S/C17H14FN7O/c1-10-12(9-19-14-6-4-3-5-13(14)18)17(26)25(22-10)16-8-7-15-21-20-11(2)24(15)23-16/h3-9,22H,1-2H3. The van der Waals surface area contributed by atoms with Crippen LogP contribution in [0.1, 0.15) is 17.1 Å². The van der Waals surface area contributed by atoms with Gasteiger partial charge in [-0.3, -0.25) is 14.9 Å². The van der Waals surface area contributed by atoms with Gasteiger partial charge < -0.3 is 0 Å². The zero-order valence-corrected chi connectivity index (χ0v) is 14.0. The second kappa shape index (κ2) is 6.03. The fraction of sp³-hybridized carbons (Fsp3) is 0.118. The highest BCUT2D eigenvalue weighted by Gasteiger charge is 2.13. The van der Waals surface area contributed by atoms with Gasteiger partial charge in [0, 0.05) is 11.9 Å². The van der Waals surface area contributed by atoms with Crippen molar-refractivity contribution in [1.82, 2.24) is 29.6 Å². The topological polar surface area (TPSA) is 93.2 Å². The lowest BCUT2D eigenvalue weighted by Gasteiger charge is -2.01. The van der Waals surface area contributed by atoms with E-state index in [1.165, 1.54) is 23.0 Å². The Morgan fingerprint density at radius 2 is 1.96 bits per heavy atom. The van der Waals surface area contributed by atoms with E-state index in [1.54, 1.807) is 42.6 Å². The van der Waals surface area contributed by atoms with Gasteiger partial charge in [0.1, 0.15) is 5.82 Å². The van der Waals surface area contributed by atoms with Crippen molar-refractivity contribution in [3.63, 3.8) is 0 Å². The average Bonchev–Trinajstić information content (AvgIpc) is 3.14. The molecule has 3 heterocycles. The summed E-state index contributed by atoms with van der Waals surface area (Å²) < 4.78 is 16.5. The number of aromatic amines is 1. The van der Waals surface area contributed by atoms with Crippen molar-refractivity contribution >= 4 is 17.5 Å². The Morgan fingerprint density at radius 1 is 1.15 bits per heavy atom. The van der Waals surface area contributed by atoms with E-state index >= 15 is 0 Å². The van der Waals surface area contributed by atoms with Gasteiger partial charge in [-0.1, -0.05) is 12.1 Å². The molecule has 0 spiro atoms. The molecule has 0 unspecified atom stereocenters. The molecule has 0 radical (unpaired) electrons. The van der Waals surface area contributed by atoms with Crippen LogP contribution in [-0.2, 0) is 0 Å². The van der Waals surface area contributed by atoms with E-state index in [-0.39, 0.29) is 11.2 Å². The van der Waals surface area contributed by atoms with Crippen LogP contribution in [0.15, 0.2) is 46.2 Å². The summed E-state index contributed by atoms with van der Waals surface area (Å²) >= 11 is 0. The zero-order valence-electron chi connectivity index (χ0n) is 14.0. The summed E-state index contributed by atoms with van der Waals surface area (Å²) in [4.78, 5) is 16.8. The zero-order chi connectivity index (χ0) is 18.3. The number of aliphatic imine (C=N–C) groups is 1. The molecule has 1 aromatic carbocycles. The van der Waals surface area contributed by atoms with Gasteiger partial charge in [-0.25, -0.2) is 4.39 Å². The predicted molar refractivity (Wildman–Crippen MR) is 93.9 cm³/mol. The van der Waals surface area contributed by atoms with E-state index in [0.717, 1.165) is 0 Å². The summed E-state index contributed by atoms with van der Waals surface area (Å²) in [5.74, 6) is 0.547. The molecule has 0 saturated heterocycles. The van der Waals surface area contributed by atoms with Crippen LogP contribution in [0.3, 0.4) is 0 Å². The van der Waals surface area contributed by atoms with Crippen molar-refractivity contribution in [2.75, 3.05) is 0 Å². The normalized spacial score (nSPS) is 11.7. The van der Waals surface area contributed by atoms with Gasteiger partial charge >= 0.3 is 0 Å². The first-order valence-corrected chi connectivity index (χ1v) is 7.84. The summed E-state index contributed by atoms with van der Waals surface area (Å²) in [6.07, 6.45) is 1.35. The molecule has 0 saturated carbocycles. The first-order chi connectivity index (χ1) is 12.5. The molecule has 0 atom stereocenters. The number of aromatic nitrogens is 6. The number of hydrogen-bond donors (Lipinski definition) is 1. The fourth-order valence-electron chi connectivity index (χ4n) is 2.57. The second-order valence-corrected chi connectivity index (χ2v) is 5.71. The Balaban J connectivity index is 1.77. The summed E-state index contributed by atoms with van der Waals surface area (Å²) in [5.41, 5.74) is 1.34. The van der Waals surface area contributed by atoms with Crippen molar-refractivity contribution < 1.29 is 4.39 Å². The van der Waals surface area contributed by atoms with Crippen LogP contribution in [0.25, 0.3) is 11.5 Å². The first-order valence-electron chi connectivity index (χ1n) is 7.84. The van der Waals surface area contributed by atoms with E-state index in [4.69, 9.17) is 0 Å². The maximum Gasteiger partial charge on any atom is 0.281 e. The van der Waals surface area contributed by atoms with Gasteiger partial charge in [0.2, 0.25) is 0 Å². The van der Waals surface area contributed by atoms with Crippen molar-refractivity contribution in [3.05, 3.63) is 69.7 Å². The van der Waals surface area contributed by atoms with E-state index < -0.39 is 5.82 Å². The molecule has 4 aromatic rings. The van der Waals surface area contributed by atoms with Crippen molar-refractivity contribution in [2.24, 2.45) is 4.99 Å². The highest BCUT2D eigenvalue weighted by atomic mass is 19.1. The molecule has 26 heavy (non-hydrogen) atoms. The minimum atomic E-state index is -0.451. The lowest BCUT2D eigenvalue weighted by Crippen LogP contribution is -2.19. The molecule has 8 nitrogen and oxygen atoms in total. The van der Waals surface area contributed by atoms with Gasteiger partial charge in [-0.2, -0.15) is 9.20 Å². The quantitative estimate of drug-likeness (QED) is 0.572. The van der Waals surface area contributed by atoms with Gasteiger partial charge in [-0.15, -0.1) is 15.3 Å². The second-order valence-electron chi connectivity index (χ2n) is 5.71. The fourth-order valence-corrected chi connectivity index (χ4v) is 2.57. The average molecular weight is 351 g/mol. The van der Waals surface area contributed by atoms with Gasteiger partial charge in [0.15, 0.2) is 17.3 Å². The molecule has 130 valence electrons. The Hall–Kier alpha value is -3.62. The number of benzene rings is 1. The smallest absolute Gasteiger partial charge is 0.281 e. The summed E-state index contributed by atoms with van der Waals surface area (Å²) in [6, 6.07) is 9.50. The van der Waals surface area contributed by atoms with Crippen LogP contribution in [0, 0.1) is 19.7 Å². The van der Waals surface area contributed by atoms with Crippen molar-refractivity contribution in [3.8, 4) is 5.82 Å². The molecule has 1 N–H and O–H groups in total. The minimum Gasteiger partial charge on any atom is -0.293 e. The Bertz CT molecular complexity index is 1200. The molecular weight excluding hydrogens is 337 g/mol. The van der Waals surface area contributed by atoms with E-state index in [0.29, 0.717) is 28.5 Å². The lowest BCUT2D eigenvalue weighted by atomic mass is 10.2. The van der Waals surface area contributed by atoms with Gasteiger partial charge in [0.05, 0.1) is 11.3 Å². The van der Waals surface area contributed by atoms with Crippen molar-refractivity contribution in [2.45, 2.75) is 13.8 Å². The third-order valence-electron chi connectivity index (χ3n) is 3.94. The molecular formula is C17H14FN7O. The molecule has 0 fully saturated rings. The molecule has 9 heteroatoms. The molecule has 0 amide bonds. The molecule has 0 aliphatic carbocycles. The Labute approximate surface area is 146 Å².